The van der Waals surface area contributed by atoms with Crippen molar-refractivity contribution < 1.29 is 13.2 Å². The summed E-state index contributed by atoms with van der Waals surface area (Å²) in [6.07, 6.45) is -1.08. The second kappa shape index (κ2) is 5.28. The number of halogens is 3. The Labute approximate surface area is 117 Å². The fraction of sp³-hybridized carbons (Fsp3) is 0.600. The van der Waals surface area contributed by atoms with Crippen molar-refractivity contribution in [3.05, 3.63) is 29.8 Å². The third-order valence-electron chi connectivity index (χ3n) is 4.35. The van der Waals surface area contributed by atoms with Gasteiger partial charge in [0.25, 0.3) is 0 Å². The fourth-order valence-corrected chi connectivity index (χ4v) is 3.41. The van der Waals surface area contributed by atoms with E-state index in [0.717, 1.165) is 25.9 Å². The van der Waals surface area contributed by atoms with E-state index in [9.17, 15) is 13.2 Å². The molecule has 1 aromatic carbocycles. The number of alkyl halides is 3. The number of anilines is 1. The first-order valence-corrected chi connectivity index (χ1v) is 7.21. The van der Waals surface area contributed by atoms with Crippen LogP contribution in [0.15, 0.2) is 24.3 Å². The van der Waals surface area contributed by atoms with E-state index in [1.54, 1.807) is 12.1 Å². The molecule has 0 radical (unpaired) electrons. The highest BCUT2D eigenvalue weighted by atomic mass is 19.4. The van der Waals surface area contributed by atoms with E-state index >= 15 is 0 Å². The van der Waals surface area contributed by atoms with Crippen molar-refractivity contribution in [1.82, 2.24) is 4.90 Å². The average Bonchev–Trinajstić information content (AvgIpc) is 2.75. The Morgan fingerprint density at radius 1 is 1.00 bits per heavy atom. The summed E-state index contributed by atoms with van der Waals surface area (Å²) in [6, 6.07) is 6.37. The van der Waals surface area contributed by atoms with Crippen molar-refractivity contribution in [2.24, 2.45) is 0 Å². The maximum atomic E-state index is 13.1. The van der Waals surface area contributed by atoms with Crippen LogP contribution in [0, 0.1) is 0 Å². The molecule has 0 amide bonds. The molecule has 0 N–H and O–H groups in total. The van der Waals surface area contributed by atoms with Crippen LogP contribution >= 0.6 is 0 Å². The Morgan fingerprint density at radius 3 is 2.55 bits per heavy atom. The van der Waals surface area contributed by atoms with Crippen LogP contribution in [0.4, 0.5) is 18.9 Å². The van der Waals surface area contributed by atoms with Gasteiger partial charge in [0.2, 0.25) is 0 Å². The summed E-state index contributed by atoms with van der Waals surface area (Å²) in [6.45, 7) is 3.53. The van der Waals surface area contributed by atoms with Gasteiger partial charge in [-0.2, -0.15) is 13.2 Å². The summed E-state index contributed by atoms with van der Waals surface area (Å²) in [5.74, 6) is 0. The third-order valence-corrected chi connectivity index (χ3v) is 4.35. The molecule has 1 aromatic rings. The number of benzene rings is 1. The number of rotatable bonds is 1. The molecule has 0 aromatic heterocycles. The minimum absolute atomic E-state index is 0.341. The maximum Gasteiger partial charge on any atom is 0.418 e. The average molecular weight is 284 g/mol. The molecule has 2 heterocycles. The monoisotopic (exact) mass is 284 g/mol. The molecule has 2 fully saturated rings. The minimum Gasteiger partial charge on any atom is -0.369 e. The highest BCUT2D eigenvalue weighted by Crippen LogP contribution is 2.37. The summed E-state index contributed by atoms with van der Waals surface area (Å²) in [5, 5.41) is 0. The van der Waals surface area contributed by atoms with Crippen molar-refractivity contribution in [3.8, 4) is 0 Å². The van der Waals surface area contributed by atoms with Crippen molar-refractivity contribution in [2.45, 2.75) is 31.5 Å². The van der Waals surface area contributed by atoms with E-state index in [2.05, 4.69) is 4.90 Å². The summed E-state index contributed by atoms with van der Waals surface area (Å²) in [4.78, 5) is 4.36. The van der Waals surface area contributed by atoms with E-state index in [0.29, 0.717) is 24.8 Å². The van der Waals surface area contributed by atoms with Crippen LogP contribution in [0.5, 0.6) is 0 Å². The summed E-state index contributed by atoms with van der Waals surface area (Å²) in [7, 11) is 0. The Morgan fingerprint density at radius 2 is 1.75 bits per heavy atom. The molecule has 0 spiro atoms. The van der Waals surface area contributed by atoms with Gasteiger partial charge < -0.3 is 4.90 Å². The molecule has 0 bridgehead atoms. The predicted octanol–water partition coefficient (Wildman–Crippen LogP) is 3.38. The first kappa shape index (κ1) is 13.7. The molecule has 1 unspecified atom stereocenters. The Kier molecular flexibility index (Phi) is 3.63. The zero-order chi connectivity index (χ0) is 14.2. The molecule has 20 heavy (non-hydrogen) atoms. The molecule has 110 valence electrons. The zero-order valence-electron chi connectivity index (χ0n) is 11.4. The standard InChI is InChI=1S/C15H19F3N2/c16-15(17,18)13-6-1-2-7-14(13)20-10-4-9-19-8-3-5-12(19)11-20/h1-2,6-7,12H,3-5,8-11H2. The predicted molar refractivity (Wildman–Crippen MR) is 72.9 cm³/mol. The van der Waals surface area contributed by atoms with Crippen LogP contribution in [0.25, 0.3) is 0 Å². The molecule has 2 aliphatic rings. The summed E-state index contributed by atoms with van der Waals surface area (Å²) >= 11 is 0. The molecular formula is C15H19F3N2. The van der Waals surface area contributed by atoms with Gasteiger partial charge >= 0.3 is 6.18 Å². The highest BCUT2D eigenvalue weighted by molar-refractivity contribution is 5.55. The van der Waals surface area contributed by atoms with Crippen LogP contribution in [0.1, 0.15) is 24.8 Å². The zero-order valence-corrected chi connectivity index (χ0v) is 11.4. The lowest BCUT2D eigenvalue weighted by molar-refractivity contribution is -0.137. The van der Waals surface area contributed by atoms with E-state index in [1.807, 2.05) is 4.90 Å². The molecule has 2 nitrogen and oxygen atoms in total. The number of para-hydroxylation sites is 1. The molecule has 2 aliphatic heterocycles. The maximum absolute atomic E-state index is 13.1. The first-order valence-electron chi connectivity index (χ1n) is 7.21. The van der Waals surface area contributed by atoms with Gasteiger partial charge in [-0.1, -0.05) is 12.1 Å². The van der Waals surface area contributed by atoms with Crippen LogP contribution in [0.2, 0.25) is 0 Å². The molecule has 0 aliphatic carbocycles. The Hall–Kier alpha value is -1.23. The molecule has 5 heteroatoms. The van der Waals surface area contributed by atoms with E-state index in [1.165, 1.54) is 18.6 Å². The minimum atomic E-state index is -4.28. The number of fused-ring (bicyclic) bond motifs is 1. The second-order valence-corrected chi connectivity index (χ2v) is 5.65. The molecule has 0 saturated carbocycles. The molecule has 1 atom stereocenters. The summed E-state index contributed by atoms with van der Waals surface area (Å²) < 4.78 is 39.4. The Balaban J connectivity index is 1.88. The van der Waals surface area contributed by atoms with Crippen LogP contribution in [-0.2, 0) is 6.18 Å². The fourth-order valence-electron chi connectivity index (χ4n) is 3.41. The van der Waals surface area contributed by atoms with Crippen LogP contribution in [0.3, 0.4) is 0 Å². The van der Waals surface area contributed by atoms with Gasteiger partial charge in [0.05, 0.1) is 5.56 Å². The lowest BCUT2D eigenvalue weighted by Gasteiger charge is -2.29. The van der Waals surface area contributed by atoms with Gasteiger partial charge in [-0.3, -0.25) is 4.90 Å². The lowest BCUT2D eigenvalue weighted by Crippen LogP contribution is -2.37. The lowest BCUT2D eigenvalue weighted by atomic mass is 10.1. The van der Waals surface area contributed by atoms with E-state index < -0.39 is 11.7 Å². The highest BCUT2D eigenvalue weighted by Gasteiger charge is 2.36. The topological polar surface area (TPSA) is 6.48 Å². The van der Waals surface area contributed by atoms with E-state index in [-0.39, 0.29) is 0 Å². The van der Waals surface area contributed by atoms with Crippen LogP contribution < -0.4 is 4.90 Å². The van der Waals surface area contributed by atoms with Gasteiger partial charge in [-0.15, -0.1) is 0 Å². The van der Waals surface area contributed by atoms with Crippen LogP contribution in [-0.4, -0.2) is 37.1 Å². The van der Waals surface area contributed by atoms with Gasteiger partial charge in [-0.05, 0) is 37.9 Å². The normalized spacial score (nSPS) is 24.6. The summed E-state index contributed by atoms with van der Waals surface area (Å²) in [5.41, 5.74) is -0.166. The van der Waals surface area contributed by atoms with Crippen molar-refractivity contribution in [3.63, 3.8) is 0 Å². The number of hydrogen-bond acceptors (Lipinski definition) is 2. The molecular weight excluding hydrogens is 265 g/mol. The van der Waals surface area contributed by atoms with Gasteiger partial charge in [-0.25, -0.2) is 0 Å². The van der Waals surface area contributed by atoms with Crippen molar-refractivity contribution in [1.29, 1.82) is 0 Å². The van der Waals surface area contributed by atoms with Gasteiger partial charge in [0.1, 0.15) is 0 Å². The quantitative estimate of drug-likeness (QED) is 0.780. The number of nitrogens with zero attached hydrogens (tertiary/aromatic N) is 2. The van der Waals surface area contributed by atoms with Crippen molar-refractivity contribution >= 4 is 5.69 Å². The Bertz CT molecular complexity index is 472. The molecule has 3 rings (SSSR count). The SMILES string of the molecule is FC(F)(F)c1ccccc1N1CCCN2CCCC2C1. The third kappa shape index (κ3) is 2.64. The van der Waals surface area contributed by atoms with Gasteiger partial charge in [0.15, 0.2) is 0 Å². The van der Waals surface area contributed by atoms with E-state index in [4.69, 9.17) is 0 Å². The smallest absolute Gasteiger partial charge is 0.369 e. The second-order valence-electron chi connectivity index (χ2n) is 5.65. The first-order chi connectivity index (χ1) is 9.55. The largest absolute Gasteiger partial charge is 0.418 e. The number of hydrogen-bond donors (Lipinski definition) is 0. The molecule has 2 saturated heterocycles. The van der Waals surface area contributed by atoms with Crippen molar-refractivity contribution in [2.75, 3.05) is 31.1 Å². The van der Waals surface area contributed by atoms with Gasteiger partial charge in [0, 0.05) is 31.4 Å².